The smallest absolute Gasteiger partial charge is 0.252 e. The van der Waals surface area contributed by atoms with Crippen LogP contribution in [0.15, 0.2) is 22.7 Å². The van der Waals surface area contributed by atoms with Crippen LogP contribution in [-0.2, 0) is 0 Å². The van der Waals surface area contributed by atoms with E-state index in [0.717, 1.165) is 29.5 Å². The van der Waals surface area contributed by atoms with Gasteiger partial charge in [-0.05, 0) is 66.4 Å². The number of carbonyl (C=O) groups is 1. The molecule has 1 aliphatic heterocycles. The number of nitrogens with one attached hydrogen (secondary N) is 2. The van der Waals surface area contributed by atoms with Crippen LogP contribution in [0.1, 0.15) is 35.2 Å². The van der Waals surface area contributed by atoms with Crippen LogP contribution in [0, 0.1) is 6.92 Å². The minimum absolute atomic E-state index is 0.000119. The Morgan fingerprint density at radius 3 is 3.06 bits per heavy atom. The molecular weight excluding hydrogens is 292 g/mol. The summed E-state index contributed by atoms with van der Waals surface area (Å²) in [4.78, 5) is 12.0. The lowest BCUT2D eigenvalue weighted by molar-refractivity contribution is 0.0951. The summed E-state index contributed by atoms with van der Waals surface area (Å²) in [5.41, 5.74) is 1.86. The molecule has 1 aliphatic rings. The highest BCUT2D eigenvalue weighted by atomic mass is 79.9. The maximum absolute atomic E-state index is 12.0. The number of carbonyl (C=O) groups excluding carboxylic acids is 1. The molecule has 1 fully saturated rings. The third-order valence-electron chi connectivity index (χ3n) is 3.31. The highest BCUT2D eigenvalue weighted by Crippen LogP contribution is 2.18. The Labute approximate surface area is 116 Å². The van der Waals surface area contributed by atoms with Gasteiger partial charge in [0, 0.05) is 17.1 Å². The van der Waals surface area contributed by atoms with E-state index in [1.54, 1.807) is 0 Å². The molecule has 1 heterocycles. The second kappa shape index (κ2) is 6.34. The number of benzene rings is 1. The maximum Gasteiger partial charge on any atom is 0.252 e. The molecule has 98 valence electrons. The zero-order chi connectivity index (χ0) is 13.0. The highest BCUT2D eigenvalue weighted by Gasteiger charge is 2.14. The second-order valence-electron chi connectivity index (χ2n) is 4.82. The number of amides is 1. The molecule has 1 aromatic carbocycles. The van der Waals surface area contributed by atoms with Crippen molar-refractivity contribution in [3.05, 3.63) is 33.8 Å². The van der Waals surface area contributed by atoms with Crippen molar-refractivity contribution in [3.63, 3.8) is 0 Å². The van der Waals surface area contributed by atoms with E-state index < -0.39 is 0 Å². The van der Waals surface area contributed by atoms with Crippen LogP contribution in [0.4, 0.5) is 0 Å². The minimum atomic E-state index is -0.000119. The molecule has 2 N–H and O–H groups in total. The zero-order valence-electron chi connectivity index (χ0n) is 10.6. The molecule has 1 aromatic rings. The van der Waals surface area contributed by atoms with Gasteiger partial charge in [-0.1, -0.05) is 6.07 Å². The van der Waals surface area contributed by atoms with E-state index in [-0.39, 0.29) is 5.91 Å². The molecule has 0 aromatic heterocycles. The Bertz CT molecular complexity index is 428. The molecule has 2 rings (SSSR count). The van der Waals surface area contributed by atoms with Gasteiger partial charge in [0.1, 0.15) is 0 Å². The molecule has 1 saturated heterocycles. The number of hydrogen-bond acceptors (Lipinski definition) is 2. The van der Waals surface area contributed by atoms with E-state index >= 15 is 0 Å². The first kappa shape index (κ1) is 13.6. The lowest BCUT2D eigenvalue weighted by atomic mass is 10.1. The number of rotatable bonds is 4. The van der Waals surface area contributed by atoms with Gasteiger partial charge in [0.15, 0.2) is 0 Å². The number of hydrogen-bond donors (Lipinski definition) is 2. The molecule has 4 heteroatoms. The van der Waals surface area contributed by atoms with Crippen LogP contribution in [0.5, 0.6) is 0 Å². The van der Waals surface area contributed by atoms with Gasteiger partial charge in [0.2, 0.25) is 0 Å². The van der Waals surface area contributed by atoms with Gasteiger partial charge in [-0.15, -0.1) is 0 Å². The van der Waals surface area contributed by atoms with Crippen molar-refractivity contribution in [1.29, 1.82) is 0 Å². The lowest BCUT2D eigenvalue weighted by Gasteiger charge is -2.11. The van der Waals surface area contributed by atoms with E-state index in [9.17, 15) is 4.79 Å². The minimum Gasteiger partial charge on any atom is -0.352 e. The molecule has 1 atom stereocenters. The van der Waals surface area contributed by atoms with Crippen LogP contribution in [0.3, 0.4) is 0 Å². The van der Waals surface area contributed by atoms with Gasteiger partial charge in [-0.3, -0.25) is 4.79 Å². The zero-order valence-corrected chi connectivity index (χ0v) is 12.2. The van der Waals surface area contributed by atoms with Crippen molar-refractivity contribution in [2.45, 2.75) is 32.2 Å². The first-order chi connectivity index (χ1) is 8.66. The maximum atomic E-state index is 12.0. The van der Waals surface area contributed by atoms with Crippen LogP contribution in [0.2, 0.25) is 0 Å². The first-order valence-corrected chi connectivity index (χ1v) is 7.24. The van der Waals surface area contributed by atoms with Crippen molar-refractivity contribution in [2.24, 2.45) is 0 Å². The molecule has 0 radical (unpaired) electrons. The van der Waals surface area contributed by atoms with E-state index in [2.05, 4.69) is 26.6 Å². The molecule has 0 unspecified atom stereocenters. The first-order valence-electron chi connectivity index (χ1n) is 6.44. The molecule has 0 saturated carbocycles. The molecular formula is C14H19BrN2O. The van der Waals surface area contributed by atoms with Crippen molar-refractivity contribution >= 4 is 21.8 Å². The monoisotopic (exact) mass is 310 g/mol. The van der Waals surface area contributed by atoms with Gasteiger partial charge in [-0.2, -0.15) is 0 Å². The predicted octanol–water partition coefficient (Wildman–Crippen LogP) is 2.63. The molecule has 3 nitrogen and oxygen atoms in total. The fourth-order valence-corrected chi connectivity index (χ4v) is 2.94. The largest absolute Gasteiger partial charge is 0.352 e. The third kappa shape index (κ3) is 3.56. The van der Waals surface area contributed by atoms with E-state index in [1.165, 1.54) is 12.8 Å². The summed E-state index contributed by atoms with van der Waals surface area (Å²) in [6.07, 6.45) is 3.49. The van der Waals surface area contributed by atoms with Gasteiger partial charge in [0.25, 0.3) is 5.91 Å². The SMILES string of the molecule is Cc1ccc(C(=O)NCC[C@@H]2CCCN2)c(Br)c1. The van der Waals surface area contributed by atoms with Crippen LogP contribution in [-0.4, -0.2) is 25.0 Å². The van der Waals surface area contributed by atoms with Gasteiger partial charge in [0.05, 0.1) is 5.56 Å². The van der Waals surface area contributed by atoms with Crippen LogP contribution >= 0.6 is 15.9 Å². The fourth-order valence-electron chi connectivity index (χ4n) is 2.26. The Hall–Kier alpha value is -0.870. The van der Waals surface area contributed by atoms with E-state index in [0.29, 0.717) is 11.6 Å². The summed E-state index contributed by atoms with van der Waals surface area (Å²) in [7, 11) is 0. The fraction of sp³-hybridized carbons (Fsp3) is 0.500. The van der Waals surface area contributed by atoms with Crippen LogP contribution < -0.4 is 10.6 Å². The molecule has 18 heavy (non-hydrogen) atoms. The lowest BCUT2D eigenvalue weighted by Crippen LogP contribution is -2.30. The molecule has 1 amide bonds. The summed E-state index contributed by atoms with van der Waals surface area (Å²) >= 11 is 3.43. The quantitative estimate of drug-likeness (QED) is 0.897. The third-order valence-corrected chi connectivity index (χ3v) is 3.97. The van der Waals surface area contributed by atoms with E-state index in [1.807, 2.05) is 25.1 Å². The Morgan fingerprint density at radius 1 is 1.56 bits per heavy atom. The summed E-state index contributed by atoms with van der Waals surface area (Å²) < 4.78 is 0.860. The highest BCUT2D eigenvalue weighted by molar-refractivity contribution is 9.10. The summed E-state index contributed by atoms with van der Waals surface area (Å²) in [6, 6.07) is 6.36. The molecule has 0 aliphatic carbocycles. The summed E-state index contributed by atoms with van der Waals surface area (Å²) in [6.45, 7) is 3.86. The normalized spacial score (nSPS) is 18.9. The Balaban J connectivity index is 1.83. The van der Waals surface area contributed by atoms with Crippen LogP contribution in [0.25, 0.3) is 0 Å². The van der Waals surface area contributed by atoms with Gasteiger partial charge < -0.3 is 10.6 Å². The van der Waals surface area contributed by atoms with Crippen molar-refractivity contribution < 1.29 is 4.79 Å². The van der Waals surface area contributed by atoms with E-state index in [4.69, 9.17) is 0 Å². The molecule has 0 bridgehead atoms. The van der Waals surface area contributed by atoms with Crippen molar-refractivity contribution in [1.82, 2.24) is 10.6 Å². The summed E-state index contributed by atoms with van der Waals surface area (Å²) in [5, 5.41) is 6.41. The average Bonchev–Trinajstić information content (AvgIpc) is 2.81. The van der Waals surface area contributed by atoms with Crippen molar-refractivity contribution in [2.75, 3.05) is 13.1 Å². The Morgan fingerprint density at radius 2 is 2.39 bits per heavy atom. The second-order valence-corrected chi connectivity index (χ2v) is 5.68. The van der Waals surface area contributed by atoms with Crippen molar-refractivity contribution in [3.8, 4) is 0 Å². The molecule has 0 spiro atoms. The topological polar surface area (TPSA) is 41.1 Å². The van der Waals surface area contributed by atoms with Gasteiger partial charge in [-0.25, -0.2) is 0 Å². The predicted molar refractivity (Wildman–Crippen MR) is 76.9 cm³/mol. The average molecular weight is 311 g/mol. The standard InChI is InChI=1S/C14H19BrN2O/c1-10-4-5-12(13(15)9-10)14(18)17-8-6-11-3-2-7-16-11/h4-5,9,11,16H,2-3,6-8H2,1H3,(H,17,18)/t11-/m0/s1. The summed E-state index contributed by atoms with van der Waals surface area (Å²) in [5.74, 6) is -0.000119. The van der Waals surface area contributed by atoms with Gasteiger partial charge >= 0.3 is 0 Å². The Kier molecular flexibility index (Phi) is 4.78. The number of aryl methyl sites for hydroxylation is 1. The number of halogens is 1.